The highest BCUT2D eigenvalue weighted by Crippen LogP contribution is 2.25. The van der Waals surface area contributed by atoms with Crippen LogP contribution < -0.4 is 0 Å². The van der Waals surface area contributed by atoms with Gasteiger partial charge < -0.3 is 4.79 Å². The van der Waals surface area contributed by atoms with Crippen molar-refractivity contribution in [1.82, 2.24) is 0 Å². The van der Waals surface area contributed by atoms with Gasteiger partial charge in [-0.25, -0.2) is 0 Å². The van der Waals surface area contributed by atoms with Crippen molar-refractivity contribution in [3.8, 4) is 0 Å². The number of Topliss-reactive ketones (excluding diaryl/α,β-unsaturated/α-hetero) is 2. The number of thioether (sulfide) groups is 1. The van der Waals surface area contributed by atoms with Crippen LogP contribution in [0.2, 0.25) is 0 Å². The van der Waals surface area contributed by atoms with E-state index in [4.69, 9.17) is 0 Å². The van der Waals surface area contributed by atoms with E-state index >= 15 is 0 Å². The minimum absolute atomic E-state index is 0.0874. The highest BCUT2D eigenvalue weighted by Gasteiger charge is 2.19. The van der Waals surface area contributed by atoms with Gasteiger partial charge in [0.15, 0.2) is 0 Å². The first-order chi connectivity index (χ1) is 5.70. The van der Waals surface area contributed by atoms with Crippen molar-refractivity contribution in [1.29, 1.82) is 0 Å². The minimum Gasteiger partial charge on any atom is -0.300 e. The highest BCUT2D eigenvalue weighted by atomic mass is 32.2. The smallest absolute Gasteiger partial charge is 0.146 e. The first-order valence-electron chi connectivity index (χ1n) is 4.03. The number of ketones is 2. The summed E-state index contributed by atoms with van der Waals surface area (Å²) in [4.78, 5) is 21.9. The maximum Gasteiger partial charge on any atom is 0.146 e. The Morgan fingerprint density at radius 3 is 2.75 bits per heavy atom. The lowest BCUT2D eigenvalue weighted by molar-refractivity contribution is -0.122. The van der Waals surface area contributed by atoms with E-state index in [-0.39, 0.29) is 16.8 Å². The van der Waals surface area contributed by atoms with E-state index < -0.39 is 0 Å². The zero-order chi connectivity index (χ0) is 8.97. The molecule has 66 valence electrons. The molecule has 0 saturated heterocycles. The molecule has 1 rings (SSSR count). The van der Waals surface area contributed by atoms with Crippen LogP contribution in [0.4, 0.5) is 0 Å². The van der Waals surface area contributed by atoms with Gasteiger partial charge in [-0.3, -0.25) is 4.79 Å². The van der Waals surface area contributed by atoms with Crippen LogP contribution in [0.5, 0.6) is 0 Å². The Labute approximate surface area is 76.4 Å². The molecule has 2 nitrogen and oxygen atoms in total. The molecule has 0 radical (unpaired) electrons. The summed E-state index contributed by atoms with van der Waals surface area (Å²) in [7, 11) is 0. The Morgan fingerprint density at radius 2 is 2.25 bits per heavy atom. The summed E-state index contributed by atoms with van der Waals surface area (Å²) >= 11 is 1.56. The normalized spacial score (nSPS) is 21.2. The zero-order valence-electron chi connectivity index (χ0n) is 7.08. The fourth-order valence-corrected chi connectivity index (χ4v) is 1.96. The van der Waals surface area contributed by atoms with Gasteiger partial charge in [0.05, 0.1) is 5.25 Å². The van der Waals surface area contributed by atoms with Gasteiger partial charge in [0.1, 0.15) is 11.6 Å². The van der Waals surface area contributed by atoms with Gasteiger partial charge in [0.2, 0.25) is 0 Å². The summed E-state index contributed by atoms with van der Waals surface area (Å²) in [5, 5.41) is 2.04. The molecule has 0 aromatic carbocycles. The SMILES string of the molecule is CC(=O)CCC(=O)C1CC=CS1. The number of hydrogen-bond donors (Lipinski definition) is 0. The molecule has 12 heavy (non-hydrogen) atoms. The topological polar surface area (TPSA) is 34.1 Å². The fourth-order valence-electron chi connectivity index (χ4n) is 1.05. The predicted octanol–water partition coefficient (Wildman–Crippen LogP) is 1.94. The van der Waals surface area contributed by atoms with Crippen LogP contribution in [-0.4, -0.2) is 16.8 Å². The van der Waals surface area contributed by atoms with Crippen LogP contribution in [0.3, 0.4) is 0 Å². The Balaban J connectivity index is 2.24. The molecule has 3 heteroatoms. The second-order valence-electron chi connectivity index (χ2n) is 2.90. The van der Waals surface area contributed by atoms with Gasteiger partial charge in [-0.15, -0.1) is 11.8 Å². The van der Waals surface area contributed by atoms with Gasteiger partial charge in [-0.1, -0.05) is 6.08 Å². The molecule has 0 amide bonds. The van der Waals surface area contributed by atoms with E-state index in [1.165, 1.54) is 6.92 Å². The van der Waals surface area contributed by atoms with Crippen molar-refractivity contribution in [3.63, 3.8) is 0 Å². The summed E-state index contributed by atoms with van der Waals surface area (Å²) in [5.74, 6) is 0.305. The van der Waals surface area contributed by atoms with Gasteiger partial charge >= 0.3 is 0 Å². The van der Waals surface area contributed by atoms with Crippen molar-refractivity contribution >= 4 is 23.3 Å². The highest BCUT2D eigenvalue weighted by molar-refractivity contribution is 8.03. The Bertz CT molecular complexity index is 213. The van der Waals surface area contributed by atoms with Gasteiger partial charge in [-0.2, -0.15) is 0 Å². The zero-order valence-corrected chi connectivity index (χ0v) is 7.89. The van der Waals surface area contributed by atoms with E-state index in [1.807, 2.05) is 11.5 Å². The summed E-state index contributed by atoms with van der Waals surface area (Å²) in [6, 6.07) is 0. The Kier molecular flexibility index (Phi) is 3.53. The van der Waals surface area contributed by atoms with Gasteiger partial charge in [0, 0.05) is 12.8 Å². The largest absolute Gasteiger partial charge is 0.300 e. The third-order valence-electron chi connectivity index (χ3n) is 1.77. The second kappa shape index (κ2) is 4.45. The molecule has 0 saturated carbocycles. The number of hydrogen-bond acceptors (Lipinski definition) is 3. The third kappa shape index (κ3) is 2.81. The van der Waals surface area contributed by atoms with E-state index in [0.29, 0.717) is 12.8 Å². The van der Waals surface area contributed by atoms with Crippen molar-refractivity contribution in [2.24, 2.45) is 0 Å². The van der Waals surface area contributed by atoms with Crippen LogP contribution in [0, 0.1) is 0 Å². The number of carbonyl (C=O) groups excluding carboxylic acids is 2. The summed E-state index contributed by atoms with van der Waals surface area (Å²) in [6.07, 6.45) is 3.65. The average molecular weight is 184 g/mol. The van der Waals surface area contributed by atoms with Crippen molar-refractivity contribution < 1.29 is 9.59 Å². The molecule has 1 aliphatic heterocycles. The summed E-state index contributed by atoms with van der Waals surface area (Å²) in [6.45, 7) is 1.52. The van der Waals surface area contributed by atoms with Crippen molar-refractivity contribution in [2.45, 2.75) is 31.4 Å². The first kappa shape index (κ1) is 9.52. The van der Waals surface area contributed by atoms with Gasteiger partial charge in [-0.05, 0) is 18.8 Å². The van der Waals surface area contributed by atoms with E-state index in [9.17, 15) is 9.59 Å². The Morgan fingerprint density at radius 1 is 1.50 bits per heavy atom. The van der Waals surface area contributed by atoms with Crippen molar-refractivity contribution in [3.05, 3.63) is 11.5 Å². The monoisotopic (exact) mass is 184 g/mol. The number of allylic oxidation sites excluding steroid dienone is 1. The lowest BCUT2D eigenvalue weighted by Gasteiger charge is -2.05. The standard InChI is InChI=1S/C9H12O2S/c1-7(10)4-5-8(11)9-3-2-6-12-9/h2,6,9H,3-5H2,1H3. The first-order valence-corrected chi connectivity index (χ1v) is 4.97. The second-order valence-corrected chi connectivity index (χ2v) is 4.01. The lowest BCUT2D eigenvalue weighted by Crippen LogP contribution is -2.14. The molecule has 0 fully saturated rings. The maximum absolute atomic E-state index is 11.3. The van der Waals surface area contributed by atoms with Gasteiger partial charge in [0.25, 0.3) is 0 Å². The average Bonchev–Trinajstić information content (AvgIpc) is 2.51. The molecule has 0 bridgehead atoms. The maximum atomic E-state index is 11.3. The van der Waals surface area contributed by atoms with Crippen LogP contribution >= 0.6 is 11.8 Å². The van der Waals surface area contributed by atoms with E-state index in [2.05, 4.69) is 0 Å². The molecule has 0 aliphatic carbocycles. The minimum atomic E-state index is 0.0874. The molecule has 1 heterocycles. The lowest BCUT2D eigenvalue weighted by atomic mass is 10.1. The molecule has 0 spiro atoms. The molecule has 1 aliphatic rings. The quantitative estimate of drug-likeness (QED) is 0.669. The molecule has 0 N–H and O–H groups in total. The molecule has 0 aromatic heterocycles. The van der Waals surface area contributed by atoms with Crippen LogP contribution in [0.1, 0.15) is 26.2 Å². The van der Waals surface area contributed by atoms with E-state index in [1.54, 1.807) is 11.8 Å². The number of carbonyl (C=O) groups is 2. The predicted molar refractivity (Wildman–Crippen MR) is 50.1 cm³/mol. The molecule has 0 aromatic rings. The fraction of sp³-hybridized carbons (Fsp3) is 0.556. The van der Waals surface area contributed by atoms with Crippen molar-refractivity contribution in [2.75, 3.05) is 0 Å². The summed E-state index contributed by atoms with van der Waals surface area (Å²) in [5.41, 5.74) is 0. The Hall–Kier alpha value is -0.570. The summed E-state index contributed by atoms with van der Waals surface area (Å²) < 4.78 is 0. The van der Waals surface area contributed by atoms with Crippen LogP contribution in [0.25, 0.3) is 0 Å². The van der Waals surface area contributed by atoms with E-state index in [0.717, 1.165) is 6.42 Å². The molecular formula is C9H12O2S. The van der Waals surface area contributed by atoms with Crippen LogP contribution in [-0.2, 0) is 9.59 Å². The third-order valence-corrected chi connectivity index (χ3v) is 2.91. The molecular weight excluding hydrogens is 172 g/mol. The molecule has 1 atom stereocenters. The number of rotatable bonds is 4. The molecule has 1 unspecified atom stereocenters. The van der Waals surface area contributed by atoms with Crippen LogP contribution in [0.15, 0.2) is 11.5 Å².